The number of benzene rings is 2. The van der Waals surface area contributed by atoms with E-state index in [0.717, 1.165) is 0 Å². The van der Waals surface area contributed by atoms with Crippen molar-refractivity contribution in [3.8, 4) is 5.75 Å². The highest BCUT2D eigenvalue weighted by atomic mass is 32.1. The van der Waals surface area contributed by atoms with Gasteiger partial charge >= 0.3 is 5.97 Å². The first-order valence-electron chi connectivity index (χ1n) is 7.57. The van der Waals surface area contributed by atoms with Gasteiger partial charge in [0.05, 0.1) is 24.8 Å². The zero-order valence-corrected chi connectivity index (χ0v) is 14.7. The Kier molecular flexibility index (Phi) is 6.47. The minimum absolute atomic E-state index is 0.139. The summed E-state index contributed by atoms with van der Waals surface area (Å²) in [5, 5.41) is 5.61. The Morgan fingerprint density at radius 2 is 1.76 bits per heavy atom. The molecule has 2 aromatic rings. The van der Waals surface area contributed by atoms with Crippen LogP contribution in [0, 0.1) is 0 Å². The van der Waals surface area contributed by atoms with Gasteiger partial charge in [-0.05, 0) is 55.5 Å². The molecule has 1 amide bonds. The highest BCUT2D eigenvalue weighted by molar-refractivity contribution is 7.80. The molecule has 0 bridgehead atoms. The molecule has 6 nitrogen and oxygen atoms in total. The van der Waals surface area contributed by atoms with E-state index in [-0.39, 0.29) is 17.0 Å². The fourth-order valence-corrected chi connectivity index (χ4v) is 2.28. The first-order valence-corrected chi connectivity index (χ1v) is 7.98. The van der Waals surface area contributed by atoms with Gasteiger partial charge in [-0.15, -0.1) is 0 Å². The largest absolute Gasteiger partial charge is 0.496 e. The maximum atomic E-state index is 12.3. The molecule has 0 spiro atoms. The zero-order valence-electron chi connectivity index (χ0n) is 13.9. The van der Waals surface area contributed by atoms with Crippen molar-refractivity contribution in [3.05, 3.63) is 59.7 Å². The highest BCUT2D eigenvalue weighted by Crippen LogP contribution is 2.17. The van der Waals surface area contributed by atoms with Crippen molar-refractivity contribution in [1.82, 2.24) is 5.32 Å². The number of thiocarbonyl (C=S) groups is 1. The van der Waals surface area contributed by atoms with Gasteiger partial charge in [-0.1, -0.05) is 12.1 Å². The summed E-state index contributed by atoms with van der Waals surface area (Å²) in [5.74, 6) is -0.305. The van der Waals surface area contributed by atoms with Gasteiger partial charge in [0, 0.05) is 5.69 Å². The minimum atomic E-state index is -0.388. The van der Waals surface area contributed by atoms with E-state index in [0.29, 0.717) is 29.2 Å². The lowest BCUT2D eigenvalue weighted by atomic mass is 10.2. The Labute approximate surface area is 151 Å². The summed E-state index contributed by atoms with van der Waals surface area (Å²) in [6.07, 6.45) is 0. The Morgan fingerprint density at radius 1 is 1.08 bits per heavy atom. The number of rotatable bonds is 5. The molecular formula is C18H18N2O4S. The van der Waals surface area contributed by atoms with E-state index in [1.165, 1.54) is 7.11 Å². The molecule has 0 unspecified atom stereocenters. The fourth-order valence-electron chi connectivity index (χ4n) is 2.07. The number of amides is 1. The third-order valence-electron chi connectivity index (χ3n) is 3.23. The van der Waals surface area contributed by atoms with Gasteiger partial charge in [0.2, 0.25) is 0 Å². The van der Waals surface area contributed by atoms with Gasteiger partial charge in [0.15, 0.2) is 5.11 Å². The van der Waals surface area contributed by atoms with Crippen LogP contribution < -0.4 is 15.4 Å². The molecule has 0 saturated carbocycles. The minimum Gasteiger partial charge on any atom is -0.496 e. The summed E-state index contributed by atoms with van der Waals surface area (Å²) in [5.41, 5.74) is 1.46. The van der Waals surface area contributed by atoms with Crippen LogP contribution in [0.4, 0.5) is 5.69 Å². The van der Waals surface area contributed by atoms with Crippen LogP contribution in [0.2, 0.25) is 0 Å². The quantitative estimate of drug-likeness (QED) is 0.632. The molecule has 0 aromatic heterocycles. The molecule has 0 heterocycles. The van der Waals surface area contributed by atoms with Crippen LogP contribution in [0.3, 0.4) is 0 Å². The average molecular weight is 358 g/mol. The topological polar surface area (TPSA) is 76.7 Å². The fraction of sp³-hybridized carbons (Fsp3) is 0.167. The third kappa shape index (κ3) is 5.02. The molecule has 0 radical (unpaired) electrons. The predicted molar refractivity (Wildman–Crippen MR) is 99.1 cm³/mol. The Morgan fingerprint density at radius 3 is 2.40 bits per heavy atom. The molecule has 7 heteroatoms. The van der Waals surface area contributed by atoms with Crippen molar-refractivity contribution in [1.29, 1.82) is 0 Å². The first kappa shape index (κ1) is 18.4. The number of anilines is 1. The van der Waals surface area contributed by atoms with Gasteiger partial charge in [-0.3, -0.25) is 10.1 Å². The van der Waals surface area contributed by atoms with Gasteiger partial charge in [-0.25, -0.2) is 4.79 Å². The molecule has 0 atom stereocenters. The van der Waals surface area contributed by atoms with E-state index in [4.69, 9.17) is 21.7 Å². The number of para-hydroxylation sites is 1. The van der Waals surface area contributed by atoms with E-state index < -0.39 is 0 Å². The van der Waals surface area contributed by atoms with E-state index in [1.54, 1.807) is 55.5 Å². The smallest absolute Gasteiger partial charge is 0.338 e. The summed E-state index contributed by atoms with van der Waals surface area (Å²) in [7, 11) is 1.49. The number of esters is 1. The molecule has 2 aromatic carbocycles. The number of nitrogens with one attached hydrogen (secondary N) is 2. The number of hydrogen-bond acceptors (Lipinski definition) is 5. The molecule has 0 saturated heterocycles. The lowest BCUT2D eigenvalue weighted by molar-refractivity contribution is 0.0526. The number of carbonyl (C=O) groups excluding carboxylic acids is 2. The third-order valence-corrected chi connectivity index (χ3v) is 3.44. The van der Waals surface area contributed by atoms with Crippen molar-refractivity contribution < 1.29 is 19.1 Å². The molecule has 0 fully saturated rings. The molecule has 0 aliphatic rings. The van der Waals surface area contributed by atoms with Crippen LogP contribution in [0.5, 0.6) is 5.75 Å². The lowest BCUT2D eigenvalue weighted by Crippen LogP contribution is -2.34. The van der Waals surface area contributed by atoms with E-state index in [9.17, 15) is 9.59 Å². The van der Waals surface area contributed by atoms with E-state index >= 15 is 0 Å². The van der Waals surface area contributed by atoms with Crippen molar-refractivity contribution in [2.45, 2.75) is 6.92 Å². The van der Waals surface area contributed by atoms with Crippen molar-refractivity contribution in [2.75, 3.05) is 19.0 Å². The molecule has 2 rings (SSSR count). The Hall–Kier alpha value is -2.93. The molecule has 130 valence electrons. The van der Waals surface area contributed by atoms with Crippen LogP contribution in [0.15, 0.2) is 48.5 Å². The van der Waals surface area contributed by atoms with Crippen LogP contribution in [0.1, 0.15) is 27.6 Å². The van der Waals surface area contributed by atoms with Crippen LogP contribution in [0.25, 0.3) is 0 Å². The van der Waals surface area contributed by atoms with Crippen LogP contribution in [-0.4, -0.2) is 30.7 Å². The van der Waals surface area contributed by atoms with Gasteiger partial charge < -0.3 is 14.8 Å². The summed E-state index contributed by atoms with van der Waals surface area (Å²) >= 11 is 5.14. The first-order chi connectivity index (χ1) is 12.0. The summed E-state index contributed by atoms with van der Waals surface area (Å²) < 4.78 is 10.1. The summed E-state index contributed by atoms with van der Waals surface area (Å²) in [6, 6.07) is 13.4. The predicted octanol–water partition coefficient (Wildman–Crippen LogP) is 3.00. The monoisotopic (exact) mass is 358 g/mol. The van der Waals surface area contributed by atoms with Gasteiger partial charge in [0.1, 0.15) is 5.75 Å². The van der Waals surface area contributed by atoms with Crippen molar-refractivity contribution in [2.24, 2.45) is 0 Å². The normalized spacial score (nSPS) is 9.84. The van der Waals surface area contributed by atoms with Crippen LogP contribution in [-0.2, 0) is 4.74 Å². The Balaban J connectivity index is 1.98. The second-order valence-electron chi connectivity index (χ2n) is 4.91. The van der Waals surface area contributed by atoms with Gasteiger partial charge in [0.25, 0.3) is 5.91 Å². The number of hydrogen-bond donors (Lipinski definition) is 2. The number of methoxy groups -OCH3 is 1. The summed E-state index contributed by atoms with van der Waals surface area (Å²) in [6.45, 7) is 2.06. The second-order valence-corrected chi connectivity index (χ2v) is 5.31. The van der Waals surface area contributed by atoms with Crippen LogP contribution >= 0.6 is 12.2 Å². The molecule has 25 heavy (non-hydrogen) atoms. The van der Waals surface area contributed by atoms with Crippen molar-refractivity contribution >= 4 is 34.9 Å². The zero-order chi connectivity index (χ0) is 18.2. The molecular weight excluding hydrogens is 340 g/mol. The maximum Gasteiger partial charge on any atom is 0.338 e. The standard InChI is InChI=1S/C18H18N2O4S/c1-3-24-17(22)12-8-10-13(11-9-12)19-18(25)20-16(21)14-6-4-5-7-15(14)23-2/h4-11H,3H2,1-2H3,(H2,19,20,21,25). The Bertz CT molecular complexity index is 775. The molecule has 0 aliphatic carbocycles. The second kappa shape index (κ2) is 8.79. The maximum absolute atomic E-state index is 12.3. The SMILES string of the molecule is CCOC(=O)c1ccc(NC(=S)NC(=O)c2ccccc2OC)cc1. The van der Waals surface area contributed by atoms with Crippen molar-refractivity contribution in [3.63, 3.8) is 0 Å². The molecule has 2 N–H and O–H groups in total. The molecule has 0 aliphatic heterocycles. The van der Waals surface area contributed by atoms with E-state index in [2.05, 4.69) is 10.6 Å². The number of carbonyl (C=O) groups is 2. The van der Waals surface area contributed by atoms with Gasteiger partial charge in [-0.2, -0.15) is 0 Å². The lowest BCUT2D eigenvalue weighted by Gasteiger charge is -2.11. The summed E-state index contributed by atoms with van der Waals surface area (Å²) in [4.78, 5) is 23.9. The number of ether oxygens (including phenoxy) is 2. The highest BCUT2D eigenvalue weighted by Gasteiger charge is 2.13. The average Bonchev–Trinajstić information content (AvgIpc) is 2.62. The van der Waals surface area contributed by atoms with E-state index in [1.807, 2.05) is 0 Å².